The van der Waals surface area contributed by atoms with Crippen molar-refractivity contribution in [1.29, 1.82) is 0 Å². The van der Waals surface area contributed by atoms with Crippen LogP contribution >= 0.6 is 15.9 Å². The third kappa shape index (κ3) is 4.42. The summed E-state index contributed by atoms with van der Waals surface area (Å²) in [5.74, 6) is -1.08. The van der Waals surface area contributed by atoms with Gasteiger partial charge in [-0.15, -0.1) is 0 Å². The minimum Gasteiger partial charge on any atom is -0.365 e. The van der Waals surface area contributed by atoms with E-state index in [1.807, 2.05) is 6.07 Å². The van der Waals surface area contributed by atoms with E-state index in [-0.39, 0.29) is 31.5 Å². The first-order valence-electron chi connectivity index (χ1n) is 12.7. The molecule has 2 saturated heterocycles. The molecule has 3 aliphatic rings. The topological polar surface area (TPSA) is 112 Å². The molecule has 3 aromatic rings. The van der Waals surface area contributed by atoms with E-state index < -0.39 is 30.1 Å². The standard InChI is InChI=1S/C26H24BrF3N6O4/c27-17-2-1-3-18-21(17)25(24(39)36(18)14-20(37)35-8-9-40-19(13-35)26(28,29)30)4-6-34(7-5-25)23(38)16-10-15-12-32-33-22(15)31-11-16/h1-3,10-12,19H,4-9,13-14H2,(H,31,32,33). The first-order valence-corrected chi connectivity index (χ1v) is 13.5. The van der Waals surface area contributed by atoms with Gasteiger partial charge in [-0.3, -0.25) is 19.5 Å². The summed E-state index contributed by atoms with van der Waals surface area (Å²) >= 11 is 3.57. The van der Waals surface area contributed by atoms with Gasteiger partial charge in [0.2, 0.25) is 11.8 Å². The van der Waals surface area contributed by atoms with Gasteiger partial charge < -0.3 is 19.4 Å². The quantitative estimate of drug-likeness (QED) is 0.482. The van der Waals surface area contributed by atoms with Crippen molar-refractivity contribution in [2.24, 2.45) is 0 Å². The van der Waals surface area contributed by atoms with Crippen molar-refractivity contribution in [3.05, 3.63) is 52.3 Å². The average molecular weight is 621 g/mol. The molecule has 3 amide bonds. The molecule has 0 aliphatic carbocycles. The van der Waals surface area contributed by atoms with E-state index in [0.717, 1.165) is 10.5 Å². The van der Waals surface area contributed by atoms with Crippen LogP contribution in [0.1, 0.15) is 28.8 Å². The van der Waals surface area contributed by atoms with Crippen LogP contribution in [0.3, 0.4) is 0 Å². The van der Waals surface area contributed by atoms with E-state index in [1.54, 1.807) is 29.3 Å². The fraction of sp³-hybridized carbons (Fsp3) is 0.423. The van der Waals surface area contributed by atoms with Crippen molar-refractivity contribution >= 4 is 50.4 Å². The van der Waals surface area contributed by atoms with Crippen molar-refractivity contribution in [1.82, 2.24) is 25.0 Å². The molecule has 1 atom stereocenters. The number of fused-ring (bicyclic) bond motifs is 3. The highest BCUT2D eigenvalue weighted by atomic mass is 79.9. The van der Waals surface area contributed by atoms with Gasteiger partial charge in [0, 0.05) is 46.9 Å². The number of morpholine rings is 1. The first kappa shape index (κ1) is 26.7. The largest absolute Gasteiger partial charge is 0.416 e. The van der Waals surface area contributed by atoms with Crippen LogP contribution < -0.4 is 4.90 Å². The number of alkyl halides is 3. The van der Waals surface area contributed by atoms with Crippen molar-refractivity contribution < 1.29 is 32.3 Å². The summed E-state index contributed by atoms with van der Waals surface area (Å²) in [6.07, 6.45) is -2.91. The summed E-state index contributed by atoms with van der Waals surface area (Å²) in [4.78, 5) is 48.8. The van der Waals surface area contributed by atoms with E-state index >= 15 is 0 Å². The van der Waals surface area contributed by atoms with Crippen LogP contribution in [0.15, 0.2) is 41.1 Å². The number of aromatic amines is 1. The minimum absolute atomic E-state index is 0.0144. The molecule has 0 bridgehead atoms. The van der Waals surface area contributed by atoms with Gasteiger partial charge in [0.25, 0.3) is 5.91 Å². The van der Waals surface area contributed by atoms with E-state index in [0.29, 0.717) is 52.7 Å². The molecule has 6 rings (SSSR count). The zero-order valence-electron chi connectivity index (χ0n) is 21.1. The zero-order valence-corrected chi connectivity index (χ0v) is 22.7. The molecular weight excluding hydrogens is 597 g/mol. The van der Waals surface area contributed by atoms with E-state index in [2.05, 4.69) is 31.1 Å². The average Bonchev–Trinajstić information content (AvgIpc) is 3.50. The third-order valence-electron chi connectivity index (χ3n) is 7.94. The Balaban J connectivity index is 1.21. The number of ether oxygens (including phenoxy) is 1. The van der Waals surface area contributed by atoms with Crippen LogP contribution in [0.2, 0.25) is 0 Å². The van der Waals surface area contributed by atoms with Gasteiger partial charge >= 0.3 is 6.18 Å². The lowest BCUT2D eigenvalue weighted by molar-refractivity contribution is -0.236. The number of likely N-dealkylation sites (tertiary alicyclic amines) is 1. The van der Waals surface area contributed by atoms with Gasteiger partial charge in [0.1, 0.15) is 6.54 Å². The molecule has 210 valence electrons. The number of pyridine rings is 1. The molecule has 2 fully saturated rings. The van der Waals surface area contributed by atoms with Crippen LogP contribution in [-0.2, 0) is 19.7 Å². The summed E-state index contributed by atoms with van der Waals surface area (Å²) in [7, 11) is 0. The molecular formula is C26H24BrF3N6O4. The van der Waals surface area contributed by atoms with Crippen molar-refractivity contribution in [3.63, 3.8) is 0 Å². The number of hydrogen-bond acceptors (Lipinski definition) is 6. The second-order valence-electron chi connectivity index (χ2n) is 10.2. The Morgan fingerprint density at radius 1 is 1.15 bits per heavy atom. The predicted molar refractivity (Wildman–Crippen MR) is 140 cm³/mol. The third-order valence-corrected chi connectivity index (χ3v) is 8.60. The molecule has 14 heteroatoms. The molecule has 1 N–H and O–H groups in total. The number of anilines is 1. The normalized spacial score (nSPS) is 20.9. The number of hydrogen-bond donors (Lipinski definition) is 1. The fourth-order valence-corrected chi connectivity index (χ4v) is 6.58. The van der Waals surface area contributed by atoms with Gasteiger partial charge in [-0.25, -0.2) is 4.98 Å². The maximum atomic E-state index is 14.0. The Morgan fingerprint density at radius 3 is 2.67 bits per heavy atom. The zero-order chi connectivity index (χ0) is 28.2. The SMILES string of the molecule is O=C(CN1C(=O)C2(CCN(C(=O)c3cnc4[nH]ncc4c3)CC2)c2c(Br)cccc21)N1CCOC(C(F)(F)F)C1. The first-order chi connectivity index (χ1) is 19.1. The summed E-state index contributed by atoms with van der Waals surface area (Å²) in [6.45, 7) is -0.616. The van der Waals surface area contributed by atoms with Crippen LogP contribution in [0.5, 0.6) is 0 Å². The molecule has 2 aromatic heterocycles. The smallest absolute Gasteiger partial charge is 0.365 e. The molecule has 1 spiro atoms. The van der Waals surface area contributed by atoms with Gasteiger partial charge in [0.15, 0.2) is 11.8 Å². The van der Waals surface area contributed by atoms with Crippen LogP contribution in [-0.4, -0.2) is 94.3 Å². The number of nitrogens with zero attached hydrogens (tertiary/aromatic N) is 5. The minimum atomic E-state index is -4.59. The summed E-state index contributed by atoms with van der Waals surface area (Å²) < 4.78 is 45.1. The van der Waals surface area contributed by atoms with E-state index in [4.69, 9.17) is 4.74 Å². The molecule has 1 aromatic carbocycles. The number of carbonyl (C=O) groups excluding carboxylic acids is 3. The lowest BCUT2D eigenvalue weighted by Gasteiger charge is -2.39. The number of halogens is 4. The second-order valence-corrected chi connectivity index (χ2v) is 11.0. The number of aromatic nitrogens is 3. The molecule has 10 nitrogen and oxygen atoms in total. The lowest BCUT2D eigenvalue weighted by atomic mass is 9.73. The Labute approximate surface area is 234 Å². The van der Waals surface area contributed by atoms with Gasteiger partial charge in [0.05, 0.1) is 30.3 Å². The monoisotopic (exact) mass is 620 g/mol. The summed E-state index contributed by atoms with van der Waals surface area (Å²) in [6, 6.07) is 7.02. The number of carbonyl (C=O) groups is 3. The highest BCUT2D eigenvalue weighted by Crippen LogP contribution is 2.51. The number of nitrogens with one attached hydrogen (secondary N) is 1. The van der Waals surface area contributed by atoms with Gasteiger partial charge in [-0.2, -0.15) is 18.3 Å². The number of benzene rings is 1. The van der Waals surface area contributed by atoms with Crippen LogP contribution in [0.25, 0.3) is 11.0 Å². The van der Waals surface area contributed by atoms with E-state index in [1.165, 1.54) is 11.1 Å². The molecule has 40 heavy (non-hydrogen) atoms. The van der Waals surface area contributed by atoms with Crippen LogP contribution in [0, 0.1) is 0 Å². The number of H-pyrrole nitrogens is 1. The van der Waals surface area contributed by atoms with Crippen molar-refractivity contribution in [2.45, 2.75) is 30.5 Å². The highest BCUT2D eigenvalue weighted by molar-refractivity contribution is 9.10. The summed E-state index contributed by atoms with van der Waals surface area (Å²) in [5.41, 5.74) is 1.30. The number of rotatable bonds is 3. The molecule has 5 heterocycles. The van der Waals surface area contributed by atoms with Crippen molar-refractivity contribution in [3.8, 4) is 0 Å². The van der Waals surface area contributed by atoms with Crippen molar-refractivity contribution in [2.75, 3.05) is 44.2 Å². The Bertz CT molecular complexity index is 1500. The molecule has 0 radical (unpaired) electrons. The lowest BCUT2D eigenvalue weighted by Crippen LogP contribution is -2.55. The fourth-order valence-electron chi connectivity index (χ4n) is 5.84. The second kappa shape index (κ2) is 9.84. The van der Waals surface area contributed by atoms with E-state index in [9.17, 15) is 27.6 Å². The predicted octanol–water partition coefficient (Wildman–Crippen LogP) is 3.03. The number of piperidine rings is 1. The molecule has 1 unspecified atom stereocenters. The Kier molecular flexibility index (Phi) is 6.56. The molecule has 0 saturated carbocycles. The Morgan fingerprint density at radius 2 is 1.93 bits per heavy atom. The Hall–Kier alpha value is -3.52. The molecule has 3 aliphatic heterocycles. The van der Waals surface area contributed by atoms with Gasteiger partial charge in [-0.1, -0.05) is 22.0 Å². The number of amides is 3. The van der Waals surface area contributed by atoms with Gasteiger partial charge in [-0.05, 0) is 31.0 Å². The maximum Gasteiger partial charge on any atom is 0.416 e. The maximum absolute atomic E-state index is 14.0. The highest BCUT2D eigenvalue weighted by Gasteiger charge is 2.54. The van der Waals surface area contributed by atoms with Crippen LogP contribution in [0.4, 0.5) is 18.9 Å². The summed E-state index contributed by atoms with van der Waals surface area (Å²) in [5, 5.41) is 7.39.